The minimum Gasteiger partial charge on any atom is -0.254 e. The third kappa shape index (κ3) is 1.96. The summed E-state index contributed by atoms with van der Waals surface area (Å²) < 4.78 is 0.922. The van der Waals surface area contributed by atoms with Crippen molar-refractivity contribution in [2.24, 2.45) is 0 Å². The van der Waals surface area contributed by atoms with E-state index in [-0.39, 0.29) is 5.41 Å². The third-order valence-corrected chi connectivity index (χ3v) is 3.97. The SMILES string of the molecule is CC(C)(C)c1cccc2c(Br)c(Cl)cnc12. The van der Waals surface area contributed by atoms with E-state index in [2.05, 4.69) is 47.8 Å². The van der Waals surface area contributed by atoms with E-state index in [0.717, 1.165) is 15.4 Å². The van der Waals surface area contributed by atoms with Crippen molar-refractivity contribution >= 4 is 38.4 Å². The van der Waals surface area contributed by atoms with E-state index < -0.39 is 0 Å². The molecule has 0 radical (unpaired) electrons. The van der Waals surface area contributed by atoms with Gasteiger partial charge in [0, 0.05) is 16.1 Å². The molecule has 0 aliphatic heterocycles. The lowest BCUT2D eigenvalue weighted by Crippen LogP contribution is -2.12. The van der Waals surface area contributed by atoms with Crippen molar-refractivity contribution in [2.45, 2.75) is 26.2 Å². The standard InChI is InChI=1S/C13H13BrClN/c1-13(2,3)9-6-4-5-8-11(14)10(15)7-16-12(8)9/h4-7H,1-3H3. The maximum atomic E-state index is 6.04. The molecule has 0 amide bonds. The van der Waals surface area contributed by atoms with Crippen LogP contribution in [0.3, 0.4) is 0 Å². The Hall–Kier alpha value is -0.600. The Bertz CT molecular complexity index is 543. The van der Waals surface area contributed by atoms with Gasteiger partial charge in [-0.15, -0.1) is 0 Å². The predicted octanol–water partition coefficient (Wildman–Crippen LogP) is 4.95. The fourth-order valence-electron chi connectivity index (χ4n) is 1.77. The van der Waals surface area contributed by atoms with Crippen LogP contribution in [0.2, 0.25) is 5.02 Å². The molecule has 0 saturated heterocycles. The molecule has 1 heterocycles. The topological polar surface area (TPSA) is 12.9 Å². The molecule has 0 aliphatic rings. The van der Waals surface area contributed by atoms with Crippen molar-refractivity contribution in [3.63, 3.8) is 0 Å². The zero-order valence-electron chi connectivity index (χ0n) is 9.51. The number of fused-ring (bicyclic) bond motifs is 1. The van der Waals surface area contributed by atoms with Gasteiger partial charge in [0.15, 0.2) is 0 Å². The molecule has 1 aromatic heterocycles. The molecule has 0 saturated carbocycles. The second kappa shape index (κ2) is 4.01. The molecule has 0 spiro atoms. The Morgan fingerprint density at radius 3 is 2.56 bits per heavy atom. The van der Waals surface area contributed by atoms with E-state index in [4.69, 9.17) is 11.6 Å². The van der Waals surface area contributed by atoms with E-state index in [1.807, 2.05) is 12.1 Å². The highest BCUT2D eigenvalue weighted by atomic mass is 79.9. The lowest BCUT2D eigenvalue weighted by Gasteiger charge is -2.20. The quantitative estimate of drug-likeness (QED) is 0.670. The molecule has 0 N–H and O–H groups in total. The van der Waals surface area contributed by atoms with Crippen LogP contribution >= 0.6 is 27.5 Å². The Morgan fingerprint density at radius 2 is 1.94 bits per heavy atom. The van der Waals surface area contributed by atoms with Crippen molar-refractivity contribution in [1.82, 2.24) is 4.98 Å². The number of pyridine rings is 1. The van der Waals surface area contributed by atoms with Gasteiger partial charge in [0.1, 0.15) is 0 Å². The summed E-state index contributed by atoms with van der Waals surface area (Å²) in [5.41, 5.74) is 2.34. The highest BCUT2D eigenvalue weighted by Gasteiger charge is 2.18. The average molecular weight is 299 g/mol. The molecule has 2 rings (SSSR count). The number of hydrogen-bond donors (Lipinski definition) is 0. The van der Waals surface area contributed by atoms with Crippen LogP contribution in [0.25, 0.3) is 10.9 Å². The van der Waals surface area contributed by atoms with Crippen molar-refractivity contribution < 1.29 is 0 Å². The Kier molecular flexibility index (Phi) is 2.97. The Morgan fingerprint density at radius 1 is 1.25 bits per heavy atom. The number of nitrogens with zero attached hydrogens (tertiary/aromatic N) is 1. The summed E-state index contributed by atoms with van der Waals surface area (Å²) >= 11 is 9.55. The maximum absolute atomic E-state index is 6.04. The van der Waals surface area contributed by atoms with Crippen molar-refractivity contribution in [2.75, 3.05) is 0 Å². The van der Waals surface area contributed by atoms with Gasteiger partial charge in [0.25, 0.3) is 0 Å². The van der Waals surface area contributed by atoms with Crippen molar-refractivity contribution in [1.29, 1.82) is 0 Å². The lowest BCUT2D eigenvalue weighted by molar-refractivity contribution is 0.594. The minimum atomic E-state index is 0.0831. The third-order valence-electron chi connectivity index (χ3n) is 2.60. The van der Waals surface area contributed by atoms with Gasteiger partial charge >= 0.3 is 0 Å². The summed E-state index contributed by atoms with van der Waals surface area (Å²) in [6.45, 7) is 6.56. The maximum Gasteiger partial charge on any atom is 0.0751 e. The smallest absolute Gasteiger partial charge is 0.0751 e. The number of benzene rings is 1. The van der Waals surface area contributed by atoms with E-state index in [0.29, 0.717) is 5.02 Å². The molecular formula is C13H13BrClN. The number of para-hydroxylation sites is 1. The van der Waals surface area contributed by atoms with E-state index in [1.165, 1.54) is 5.56 Å². The molecule has 0 fully saturated rings. The molecule has 0 aliphatic carbocycles. The normalized spacial score (nSPS) is 12.1. The van der Waals surface area contributed by atoms with Gasteiger partial charge in [-0.05, 0) is 26.9 Å². The van der Waals surface area contributed by atoms with E-state index >= 15 is 0 Å². The minimum absolute atomic E-state index is 0.0831. The first-order chi connectivity index (χ1) is 7.41. The fraction of sp³-hybridized carbons (Fsp3) is 0.308. The fourth-order valence-corrected chi connectivity index (χ4v) is 2.34. The van der Waals surface area contributed by atoms with Crippen LogP contribution in [0.1, 0.15) is 26.3 Å². The molecule has 16 heavy (non-hydrogen) atoms. The van der Waals surface area contributed by atoms with Crippen LogP contribution in [0.15, 0.2) is 28.9 Å². The molecule has 84 valence electrons. The summed E-state index contributed by atoms with van der Waals surface area (Å²) in [4.78, 5) is 4.45. The first-order valence-corrected chi connectivity index (χ1v) is 6.31. The van der Waals surface area contributed by atoms with Gasteiger partial charge in [-0.1, -0.05) is 50.6 Å². The Balaban J connectivity index is 2.85. The second-order valence-corrected chi connectivity index (χ2v) is 6.07. The predicted molar refractivity (Wildman–Crippen MR) is 73.2 cm³/mol. The summed E-state index contributed by atoms with van der Waals surface area (Å²) in [6.07, 6.45) is 1.70. The number of hydrogen-bond acceptors (Lipinski definition) is 1. The monoisotopic (exact) mass is 297 g/mol. The first-order valence-electron chi connectivity index (χ1n) is 5.14. The summed E-state index contributed by atoms with van der Waals surface area (Å²) in [6, 6.07) is 6.20. The van der Waals surface area contributed by atoms with Crippen LogP contribution in [-0.2, 0) is 5.41 Å². The number of rotatable bonds is 0. The first kappa shape index (κ1) is 11.9. The largest absolute Gasteiger partial charge is 0.254 e. The highest BCUT2D eigenvalue weighted by molar-refractivity contribution is 9.10. The van der Waals surface area contributed by atoms with Crippen LogP contribution in [-0.4, -0.2) is 4.98 Å². The zero-order chi connectivity index (χ0) is 11.9. The van der Waals surface area contributed by atoms with Gasteiger partial charge in [0.2, 0.25) is 0 Å². The van der Waals surface area contributed by atoms with Crippen molar-refractivity contribution in [3.05, 3.63) is 39.5 Å². The van der Waals surface area contributed by atoms with Gasteiger partial charge < -0.3 is 0 Å². The van der Waals surface area contributed by atoms with E-state index in [1.54, 1.807) is 6.20 Å². The molecule has 0 unspecified atom stereocenters. The van der Waals surface area contributed by atoms with Gasteiger partial charge in [-0.3, -0.25) is 4.98 Å². The summed E-state index contributed by atoms with van der Waals surface area (Å²) in [7, 11) is 0. The zero-order valence-corrected chi connectivity index (χ0v) is 11.9. The van der Waals surface area contributed by atoms with Crippen LogP contribution in [0.5, 0.6) is 0 Å². The Labute approximate surface area is 109 Å². The van der Waals surface area contributed by atoms with Crippen LogP contribution in [0, 0.1) is 0 Å². The highest BCUT2D eigenvalue weighted by Crippen LogP contribution is 2.34. The van der Waals surface area contributed by atoms with Gasteiger partial charge in [-0.2, -0.15) is 0 Å². The van der Waals surface area contributed by atoms with Crippen LogP contribution in [0.4, 0.5) is 0 Å². The summed E-state index contributed by atoms with van der Waals surface area (Å²) in [5.74, 6) is 0. The summed E-state index contributed by atoms with van der Waals surface area (Å²) in [5, 5.41) is 1.72. The molecule has 1 nitrogen and oxygen atoms in total. The number of aromatic nitrogens is 1. The average Bonchev–Trinajstić information content (AvgIpc) is 2.21. The van der Waals surface area contributed by atoms with E-state index in [9.17, 15) is 0 Å². The van der Waals surface area contributed by atoms with Gasteiger partial charge in [0.05, 0.1) is 10.5 Å². The molecular weight excluding hydrogens is 286 g/mol. The molecule has 0 atom stereocenters. The second-order valence-electron chi connectivity index (χ2n) is 4.87. The molecule has 0 bridgehead atoms. The molecule has 1 aromatic carbocycles. The van der Waals surface area contributed by atoms with Crippen LogP contribution < -0.4 is 0 Å². The molecule has 2 aromatic rings. The number of halogens is 2. The lowest BCUT2D eigenvalue weighted by atomic mass is 9.85. The molecule has 3 heteroatoms. The van der Waals surface area contributed by atoms with Gasteiger partial charge in [-0.25, -0.2) is 0 Å². The van der Waals surface area contributed by atoms with Crippen molar-refractivity contribution in [3.8, 4) is 0 Å².